The number of hydrogen-bond donors (Lipinski definition) is 3. The summed E-state index contributed by atoms with van der Waals surface area (Å²) in [7, 11) is 0. The van der Waals surface area contributed by atoms with Crippen LogP contribution in [0.25, 0.3) is 0 Å². The van der Waals surface area contributed by atoms with Crippen molar-refractivity contribution in [2.24, 2.45) is 5.73 Å². The lowest BCUT2D eigenvalue weighted by atomic mass is 9.91. The van der Waals surface area contributed by atoms with Crippen LogP contribution < -0.4 is 21.3 Å². The van der Waals surface area contributed by atoms with E-state index in [0.717, 1.165) is 31.4 Å². The van der Waals surface area contributed by atoms with E-state index in [1.807, 2.05) is 15.9 Å². The molecule has 2 saturated heterocycles. The molecule has 3 fully saturated rings. The summed E-state index contributed by atoms with van der Waals surface area (Å²) in [5, 5.41) is 5.99. The monoisotopic (exact) mass is 552 g/mol. The van der Waals surface area contributed by atoms with Crippen LogP contribution in [0.5, 0.6) is 0 Å². The van der Waals surface area contributed by atoms with Gasteiger partial charge in [-0.15, -0.1) is 0 Å². The topological polar surface area (TPSA) is 120 Å². The van der Waals surface area contributed by atoms with Crippen LogP contribution in [-0.4, -0.2) is 92.2 Å². The minimum absolute atomic E-state index is 0.0123. The number of morpholine rings is 1. The van der Waals surface area contributed by atoms with E-state index >= 15 is 0 Å². The Hall–Kier alpha value is -3.70. The Morgan fingerprint density at radius 1 is 0.825 bits per heavy atom. The van der Waals surface area contributed by atoms with Gasteiger partial charge >= 0.3 is 6.03 Å². The maximum Gasteiger partial charge on any atom is 0.320 e. The average molecular weight is 553 g/mol. The first-order valence-electron chi connectivity index (χ1n) is 14.0. The van der Waals surface area contributed by atoms with Crippen molar-refractivity contribution in [3.8, 4) is 0 Å². The zero-order valence-corrected chi connectivity index (χ0v) is 22.6. The smallest absolute Gasteiger partial charge is 0.320 e. The zero-order chi connectivity index (χ0) is 28.1. The molecule has 3 aliphatic rings. The number of nitrogens with one attached hydrogen (secondary N) is 2. The number of urea groups is 1. The van der Waals surface area contributed by atoms with Crippen LogP contribution in [0, 0.1) is 5.82 Å². The van der Waals surface area contributed by atoms with E-state index in [2.05, 4.69) is 15.5 Å². The van der Waals surface area contributed by atoms with Gasteiger partial charge in [0, 0.05) is 62.5 Å². The lowest BCUT2D eigenvalue weighted by Gasteiger charge is -2.39. The van der Waals surface area contributed by atoms with E-state index in [4.69, 9.17) is 10.5 Å². The first-order chi connectivity index (χ1) is 19.4. The predicted octanol–water partition coefficient (Wildman–Crippen LogP) is 2.65. The molecule has 2 heterocycles. The van der Waals surface area contributed by atoms with E-state index in [1.54, 1.807) is 18.2 Å². The summed E-state index contributed by atoms with van der Waals surface area (Å²) in [6, 6.07) is 11.0. The van der Waals surface area contributed by atoms with E-state index < -0.39 is 11.7 Å². The summed E-state index contributed by atoms with van der Waals surface area (Å²) >= 11 is 0. The second kappa shape index (κ2) is 12.6. The van der Waals surface area contributed by atoms with Crippen LogP contribution in [0.4, 0.5) is 20.6 Å². The van der Waals surface area contributed by atoms with Crippen molar-refractivity contribution in [3.05, 3.63) is 59.4 Å². The lowest BCUT2D eigenvalue weighted by molar-refractivity contribution is 0.0428. The highest BCUT2D eigenvalue weighted by Crippen LogP contribution is 2.30. The first kappa shape index (κ1) is 27.9. The number of hydrogen-bond acceptors (Lipinski definition) is 6. The number of rotatable bonds is 5. The third kappa shape index (κ3) is 6.71. The molecule has 0 atom stereocenters. The van der Waals surface area contributed by atoms with E-state index in [-0.39, 0.29) is 29.6 Å². The highest BCUT2D eigenvalue weighted by molar-refractivity contribution is 6.07. The van der Waals surface area contributed by atoms with Crippen molar-refractivity contribution in [2.75, 3.05) is 62.7 Å². The number of halogens is 1. The van der Waals surface area contributed by atoms with Crippen molar-refractivity contribution in [1.82, 2.24) is 15.1 Å². The van der Waals surface area contributed by atoms with Crippen LogP contribution >= 0.6 is 0 Å². The predicted molar refractivity (Wildman–Crippen MR) is 150 cm³/mol. The van der Waals surface area contributed by atoms with Crippen LogP contribution in [0.15, 0.2) is 42.5 Å². The van der Waals surface area contributed by atoms with Gasteiger partial charge in [0.2, 0.25) is 0 Å². The molecule has 1 saturated carbocycles. The Morgan fingerprint density at radius 3 is 2.20 bits per heavy atom. The summed E-state index contributed by atoms with van der Waals surface area (Å²) in [6.07, 6.45) is 3.42. The number of amides is 4. The van der Waals surface area contributed by atoms with Gasteiger partial charge in [0.1, 0.15) is 5.82 Å². The first-order valence-corrected chi connectivity index (χ1v) is 14.0. The molecular formula is C29H37FN6O4. The highest BCUT2D eigenvalue weighted by atomic mass is 19.1. The molecule has 0 radical (unpaired) electrons. The molecule has 4 N–H and O–H groups in total. The summed E-state index contributed by atoms with van der Waals surface area (Å²) in [5.74, 6) is -1.19. The molecule has 40 heavy (non-hydrogen) atoms. The Morgan fingerprint density at radius 2 is 1.50 bits per heavy atom. The fourth-order valence-electron chi connectivity index (χ4n) is 5.50. The second-order valence-corrected chi connectivity index (χ2v) is 10.6. The molecule has 1 aliphatic carbocycles. The number of carbonyl (C=O) groups excluding carboxylic acids is 3. The number of piperazine rings is 1. The van der Waals surface area contributed by atoms with Gasteiger partial charge in [-0.3, -0.25) is 9.59 Å². The average Bonchev–Trinajstić information content (AvgIpc) is 2.98. The number of nitrogens with two attached hydrogens (primary N) is 1. The molecule has 11 heteroatoms. The lowest BCUT2D eigenvalue weighted by Crippen LogP contribution is -2.54. The van der Waals surface area contributed by atoms with Gasteiger partial charge in [-0.2, -0.15) is 0 Å². The number of nitrogens with zero attached hydrogens (tertiary/aromatic N) is 3. The third-order valence-corrected chi connectivity index (χ3v) is 7.87. The molecule has 5 rings (SSSR count). The molecular weight excluding hydrogens is 515 g/mol. The maximum absolute atomic E-state index is 13.8. The van der Waals surface area contributed by atoms with E-state index in [1.165, 1.54) is 18.2 Å². The minimum atomic E-state index is -0.505. The van der Waals surface area contributed by atoms with Gasteiger partial charge in [-0.25, -0.2) is 9.18 Å². The van der Waals surface area contributed by atoms with Gasteiger partial charge in [0.05, 0.1) is 24.6 Å². The third-order valence-electron chi connectivity index (χ3n) is 7.87. The standard InChI is InChI=1S/C29H37FN6O4/c30-22-3-1-2-20(18-22)28(38)33-25-19-21(27(37)32-24-7-5-23(31)6-8-24)4-9-26(25)34-10-12-35(13-11-34)29(39)36-14-16-40-17-15-36/h1-4,9,18-19,23-24H,5-8,10-17,31H2,(H,32,37)(H,33,38). The highest BCUT2D eigenvalue weighted by Gasteiger charge is 2.28. The molecule has 4 amide bonds. The van der Waals surface area contributed by atoms with Gasteiger partial charge in [-0.1, -0.05) is 6.07 Å². The van der Waals surface area contributed by atoms with Gasteiger partial charge in [0.15, 0.2) is 0 Å². The second-order valence-electron chi connectivity index (χ2n) is 10.6. The van der Waals surface area contributed by atoms with Crippen molar-refractivity contribution < 1.29 is 23.5 Å². The van der Waals surface area contributed by atoms with Gasteiger partial charge < -0.3 is 35.8 Å². The molecule has 2 aromatic carbocycles. The van der Waals surface area contributed by atoms with Crippen molar-refractivity contribution in [2.45, 2.75) is 37.8 Å². The van der Waals surface area contributed by atoms with Gasteiger partial charge in [-0.05, 0) is 62.1 Å². The molecule has 0 spiro atoms. The Bertz CT molecular complexity index is 1220. The summed E-state index contributed by atoms with van der Waals surface area (Å²) in [5.41, 5.74) is 7.81. The van der Waals surface area contributed by atoms with Gasteiger partial charge in [0.25, 0.3) is 11.8 Å². The quantitative estimate of drug-likeness (QED) is 0.525. The van der Waals surface area contributed by atoms with Crippen molar-refractivity contribution in [3.63, 3.8) is 0 Å². The number of benzene rings is 2. The number of anilines is 2. The summed E-state index contributed by atoms with van der Waals surface area (Å²) in [4.78, 5) is 44.9. The fraction of sp³-hybridized carbons (Fsp3) is 0.483. The zero-order valence-electron chi connectivity index (χ0n) is 22.6. The largest absolute Gasteiger partial charge is 0.378 e. The number of carbonyl (C=O) groups is 3. The molecule has 0 aromatic heterocycles. The molecule has 10 nitrogen and oxygen atoms in total. The van der Waals surface area contributed by atoms with E-state index in [0.29, 0.717) is 63.7 Å². The van der Waals surface area contributed by atoms with E-state index in [9.17, 15) is 18.8 Å². The summed E-state index contributed by atoms with van der Waals surface area (Å²) in [6.45, 7) is 4.46. The summed E-state index contributed by atoms with van der Waals surface area (Å²) < 4.78 is 19.2. The normalized spacial score (nSPS) is 21.6. The maximum atomic E-state index is 13.8. The van der Waals surface area contributed by atoms with Crippen LogP contribution in [0.1, 0.15) is 46.4 Å². The Labute approximate surface area is 233 Å². The van der Waals surface area contributed by atoms with Crippen molar-refractivity contribution in [1.29, 1.82) is 0 Å². The molecule has 214 valence electrons. The molecule has 2 aliphatic heterocycles. The van der Waals surface area contributed by atoms with Crippen molar-refractivity contribution >= 4 is 29.2 Å². The van der Waals surface area contributed by atoms with Crippen LogP contribution in [-0.2, 0) is 4.74 Å². The minimum Gasteiger partial charge on any atom is -0.378 e. The molecule has 0 bridgehead atoms. The van der Waals surface area contributed by atoms with Crippen LogP contribution in [0.2, 0.25) is 0 Å². The van der Waals surface area contributed by atoms with Crippen LogP contribution in [0.3, 0.4) is 0 Å². The SMILES string of the molecule is NC1CCC(NC(=O)c2ccc(N3CCN(C(=O)N4CCOCC4)CC3)c(NC(=O)c3cccc(F)c3)c2)CC1. The molecule has 0 unspecified atom stereocenters. The Balaban J connectivity index is 1.32. The molecule has 2 aromatic rings. The number of ether oxygens (including phenoxy) is 1. The fourth-order valence-corrected chi connectivity index (χ4v) is 5.50. The Kier molecular flexibility index (Phi) is 8.81.